The molecule has 0 amide bonds. The largest absolute Gasteiger partial charge is 0.378 e. The number of thioether (sulfide) groups is 1. The predicted octanol–water partition coefficient (Wildman–Crippen LogP) is 1.58. The highest BCUT2D eigenvalue weighted by Gasteiger charge is 2.14. The maximum absolute atomic E-state index is 5.62. The predicted molar refractivity (Wildman–Crippen MR) is 74.8 cm³/mol. The number of nitrogens with one attached hydrogen (secondary N) is 1. The van der Waals surface area contributed by atoms with Gasteiger partial charge in [-0.2, -0.15) is 11.8 Å². The first kappa shape index (κ1) is 13.7. The average molecular weight is 258 g/mol. The van der Waals surface area contributed by atoms with Gasteiger partial charge in [-0.15, -0.1) is 0 Å². The number of nitrogens with zero attached hydrogens (tertiary/aromatic N) is 1. The van der Waals surface area contributed by atoms with Gasteiger partial charge in [0.25, 0.3) is 0 Å². The summed E-state index contributed by atoms with van der Waals surface area (Å²) in [6.07, 6.45) is 5.63. The molecule has 0 aromatic rings. The monoisotopic (exact) mass is 258 g/mol. The van der Waals surface area contributed by atoms with Crippen LogP contribution in [0.15, 0.2) is 0 Å². The maximum Gasteiger partial charge on any atom is 0.0576 e. The summed E-state index contributed by atoms with van der Waals surface area (Å²) < 4.78 is 5.62. The molecule has 0 aromatic heterocycles. The SMILES string of the molecule is C(CNCCN1CCSCC1)CC1CCCO1. The summed E-state index contributed by atoms with van der Waals surface area (Å²) in [5.74, 6) is 2.64. The molecule has 2 heterocycles. The minimum atomic E-state index is 0.566. The molecule has 0 radical (unpaired) electrons. The van der Waals surface area contributed by atoms with Crippen LogP contribution in [0.2, 0.25) is 0 Å². The zero-order valence-electron chi connectivity index (χ0n) is 10.8. The van der Waals surface area contributed by atoms with Crippen LogP contribution < -0.4 is 5.32 Å². The van der Waals surface area contributed by atoms with Gasteiger partial charge in [-0.1, -0.05) is 0 Å². The molecule has 2 aliphatic heterocycles. The van der Waals surface area contributed by atoms with Gasteiger partial charge in [0.1, 0.15) is 0 Å². The Bertz CT molecular complexity index is 192. The molecule has 17 heavy (non-hydrogen) atoms. The molecule has 2 saturated heterocycles. The topological polar surface area (TPSA) is 24.5 Å². The highest BCUT2D eigenvalue weighted by molar-refractivity contribution is 7.99. The average Bonchev–Trinajstić information content (AvgIpc) is 2.88. The molecule has 2 fully saturated rings. The first-order valence-corrected chi connectivity index (χ1v) is 8.23. The molecule has 1 atom stereocenters. The Morgan fingerprint density at radius 2 is 2.12 bits per heavy atom. The Labute approximate surface area is 110 Å². The first-order chi connectivity index (χ1) is 8.45. The van der Waals surface area contributed by atoms with Gasteiger partial charge in [-0.3, -0.25) is 0 Å². The van der Waals surface area contributed by atoms with Crippen molar-refractivity contribution in [1.82, 2.24) is 10.2 Å². The van der Waals surface area contributed by atoms with Gasteiger partial charge < -0.3 is 15.0 Å². The molecular weight excluding hydrogens is 232 g/mol. The van der Waals surface area contributed by atoms with Crippen LogP contribution >= 0.6 is 11.8 Å². The van der Waals surface area contributed by atoms with E-state index in [0.717, 1.165) is 19.7 Å². The molecule has 0 bridgehead atoms. The number of rotatable bonds is 7. The van der Waals surface area contributed by atoms with E-state index in [-0.39, 0.29) is 0 Å². The molecule has 1 N–H and O–H groups in total. The first-order valence-electron chi connectivity index (χ1n) is 7.07. The van der Waals surface area contributed by atoms with E-state index in [1.54, 1.807) is 0 Å². The second-order valence-corrected chi connectivity index (χ2v) is 6.21. The van der Waals surface area contributed by atoms with E-state index in [2.05, 4.69) is 22.0 Å². The Morgan fingerprint density at radius 3 is 2.88 bits per heavy atom. The van der Waals surface area contributed by atoms with Gasteiger partial charge in [-0.25, -0.2) is 0 Å². The summed E-state index contributed by atoms with van der Waals surface area (Å²) >= 11 is 2.08. The van der Waals surface area contributed by atoms with Crippen molar-refractivity contribution < 1.29 is 4.74 Å². The van der Waals surface area contributed by atoms with Gasteiger partial charge in [0.05, 0.1) is 6.10 Å². The van der Waals surface area contributed by atoms with E-state index in [1.807, 2.05) is 0 Å². The highest BCUT2D eigenvalue weighted by Crippen LogP contribution is 2.16. The number of hydrogen-bond acceptors (Lipinski definition) is 4. The summed E-state index contributed by atoms with van der Waals surface area (Å²) in [6, 6.07) is 0. The van der Waals surface area contributed by atoms with E-state index < -0.39 is 0 Å². The molecule has 0 aliphatic carbocycles. The van der Waals surface area contributed by atoms with Crippen LogP contribution in [-0.4, -0.2) is 61.8 Å². The van der Waals surface area contributed by atoms with E-state index in [1.165, 1.54) is 56.8 Å². The van der Waals surface area contributed by atoms with Crippen molar-refractivity contribution in [2.75, 3.05) is 50.8 Å². The Morgan fingerprint density at radius 1 is 1.24 bits per heavy atom. The van der Waals surface area contributed by atoms with Crippen molar-refractivity contribution in [2.45, 2.75) is 31.8 Å². The fourth-order valence-electron chi connectivity index (χ4n) is 2.51. The van der Waals surface area contributed by atoms with Gasteiger partial charge in [0.15, 0.2) is 0 Å². The fourth-order valence-corrected chi connectivity index (χ4v) is 3.49. The third-order valence-electron chi connectivity index (χ3n) is 3.61. The summed E-state index contributed by atoms with van der Waals surface area (Å²) in [5.41, 5.74) is 0. The minimum absolute atomic E-state index is 0.566. The minimum Gasteiger partial charge on any atom is -0.378 e. The molecule has 0 aromatic carbocycles. The van der Waals surface area contributed by atoms with Crippen LogP contribution in [0, 0.1) is 0 Å². The highest BCUT2D eigenvalue weighted by atomic mass is 32.2. The van der Waals surface area contributed by atoms with Crippen molar-refractivity contribution >= 4 is 11.8 Å². The lowest BCUT2D eigenvalue weighted by molar-refractivity contribution is 0.102. The van der Waals surface area contributed by atoms with Crippen molar-refractivity contribution in [1.29, 1.82) is 0 Å². The van der Waals surface area contributed by atoms with E-state index in [4.69, 9.17) is 4.74 Å². The van der Waals surface area contributed by atoms with Gasteiger partial charge in [0.2, 0.25) is 0 Å². The quantitative estimate of drug-likeness (QED) is 0.701. The summed E-state index contributed by atoms with van der Waals surface area (Å²) in [5, 5.41) is 3.55. The van der Waals surface area contributed by atoms with Crippen LogP contribution in [0.5, 0.6) is 0 Å². The zero-order valence-corrected chi connectivity index (χ0v) is 11.6. The van der Waals surface area contributed by atoms with Gasteiger partial charge >= 0.3 is 0 Å². The van der Waals surface area contributed by atoms with E-state index in [0.29, 0.717) is 6.10 Å². The standard InChI is InChI=1S/C13H26N2OS/c1(3-13-4-2-10-16-13)5-14-6-7-15-8-11-17-12-9-15/h13-14H,1-12H2. The third-order valence-corrected chi connectivity index (χ3v) is 4.55. The third kappa shape index (κ3) is 5.60. The number of ether oxygens (including phenoxy) is 1. The Kier molecular flexibility index (Phi) is 6.71. The Balaban J connectivity index is 1.38. The molecule has 2 rings (SSSR count). The molecule has 0 saturated carbocycles. The second-order valence-electron chi connectivity index (χ2n) is 4.98. The fraction of sp³-hybridized carbons (Fsp3) is 1.00. The lowest BCUT2D eigenvalue weighted by atomic mass is 10.1. The van der Waals surface area contributed by atoms with Crippen LogP contribution in [0.1, 0.15) is 25.7 Å². The molecule has 1 unspecified atom stereocenters. The van der Waals surface area contributed by atoms with Crippen LogP contribution in [-0.2, 0) is 4.74 Å². The van der Waals surface area contributed by atoms with Crippen molar-refractivity contribution in [2.24, 2.45) is 0 Å². The molecular formula is C13H26N2OS. The normalized spacial score (nSPS) is 26.5. The van der Waals surface area contributed by atoms with E-state index in [9.17, 15) is 0 Å². The number of hydrogen-bond donors (Lipinski definition) is 1. The van der Waals surface area contributed by atoms with Crippen molar-refractivity contribution in [3.63, 3.8) is 0 Å². The summed E-state index contributed by atoms with van der Waals surface area (Å²) in [4.78, 5) is 2.57. The van der Waals surface area contributed by atoms with Crippen molar-refractivity contribution in [3.05, 3.63) is 0 Å². The van der Waals surface area contributed by atoms with Crippen LogP contribution in [0.25, 0.3) is 0 Å². The lowest BCUT2D eigenvalue weighted by Crippen LogP contribution is -2.38. The van der Waals surface area contributed by atoms with Crippen molar-refractivity contribution in [3.8, 4) is 0 Å². The maximum atomic E-state index is 5.62. The molecule has 100 valence electrons. The molecule has 0 spiro atoms. The molecule has 2 aliphatic rings. The van der Waals surface area contributed by atoms with Gasteiger partial charge in [-0.05, 0) is 32.2 Å². The molecule has 4 heteroatoms. The summed E-state index contributed by atoms with van der Waals surface area (Å²) in [6.45, 7) is 7.08. The van der Waals surface area contributed by atoms with Gasteiger partial charge in [0, 0.05) is 44.3 Å². The van der Waals surface area contributed by atoms with Crippen LogP contribution in [0.3, 0.4) is 0 Å². The summed E-state index contributed by atoms with van der Waals surface area (Å²) in [7, 11) is 0. The van der Waals surface area contributed by atoms with Crippen LogP contribution in [0.4, 0.5) is 0 Å². The smallest absolute Gasteiger partial charge is 0.0576 e. The second kappa shape index (κ2) is 8.35. The zero-order chi connectivity index (χ0) is 11.8. The molecule has 3 nitrogen and oxygen atoms in total. The Hall–Kier alpha value is 0.230. The van der Waals surface area contributed by atoms with E-state index >= 15 is 0 Å². The lowest BCUT2D eigenvalue weighted by Gasteiger charge is -2.26.